The van der Waals surface area contributed by atoms with E-state index in [0.29, 0.717) is 6.04 Å². The number of nitrogens with zero attached hydrogens (tertiary/aromatic N) is 2. The van der Waals surface area contributed by atoms with Crippen molar-refractivity contribution >= 4 is 0 Å². The largest absolute Gasteiger partial charge is 0.444 e. The summed E-state index contributed by atoms with van der Waals surface area (Å²) in [5, 5.41) is 3.80. The molecule has 0 bridgehead atoms. The van der Waals surface area contributed by atoms with E-state index >= 15 is 0 Å². The number of aryl methyl sites for hydroxylation is 1. The molecule has 4 nitrogen and oxygen atoms in total. The highest BCUT2D eigenvalue weighted by atomic mass is 16.4. The van der Waals surface area contributed by atoms with Gasteiger partial charge < -0.3 is 9.73 Å². The van der Waals surface area contributed by atoms with Crippen LogP contribution in [0.4, 0.5) is 0 Å². The van der Waals surface area contributed by atoms with Crippen molar-refractivity contribution in [3.63, 3.8) is 0 Å². The summed E-state index contributed by atoms with van der Waals surface area (Å²) in [6.45, 7) is 7.62. The molecule has 0 radical (unpaired) electrons. The Morgan fingerprint density at radius 2 is 2.10 bits per heavy atom. The molecule has 2 fully saturated rings. The predicted octanol–water partition coefficient (Wildman–Crippen LogP) is 3.29. The molecule has 0 spiro atoms. The minimum absolute atomic E-state index is 0.282. The van der Waals surface area contributed by atoms with Gasteiger partial charge in [-0.2, -0.15) is 0 Å². The van der Waals surface area contributed by atoms with E-state index in [4.69, 9.17) is 4.42 Å². The molecule has 3 rings (SSSR count). The van der Waals surface area contributed by atoms with Crippen LogP contribution >= 0.6 is 0 Å². The van der Waals surface area contributed by atoms with Gasteiger partial charge in [-0.15, -0.1) is 0 Å². The Balaban J connectivity index is 1.66. The van der Waals surface area contributed by atoms with Gasteiger partial charge in [0, 0.05) is 19.1 Å². The first kappa shape index (κ1) is 15.0. The van der Waals surface area contributed by atoms with Crippen LogP contribution in [0.3, 0.4) is 0 Å². The highest BCUT2D eigenvalue weighted by Crippen LogP contribution is 2.29. The van der Waals surface area contributed by atoms with Crippen LogP contribution in [0.2, 0.25) is 0 Å². The molecule has 2 atom stereocenters. The van der Waals surface area contributed by atoms with E-state index in [0.717, 1.165) is 37.2 Å². The van der Waals surface area contributed by atoms with Crippen LogP contribution in [0.25, 0.3) is 0 Å². The maximum absolute atomic E-state index is 5.75. The first-order valence-corrected chi connectivity index (χ1v) is 8.64. The van der Waals surface area contributed by atoms with Gasteiger partial charge in [-0.1, -0.05) is 19.3 Å². The van der Waals surface area contributed by atoms with Crippen molar-refractivity contribution in [1.82, 2.24) is 15.2 Å². The van der Waals surface area contributed by atoms with Gasteiger partial charge >= 0.3 is 0 Å². The van der Waals surface area contributed by atoms with Gasteiger partial charge in [-0.3, -0.25) is 4.90 Å². The van der Waals surface area contributed by atoms with Gasteiger partial charge in [-0.05, 0) is 45.6 Å². The number of hydrogen-bond acceptors (Lipinski definition) is 4. The third kappa shape index (κ3) is 3.67. The molecule has 2 heterocycles. The Labute approximate surface area is 128 Å². The lowest BCUT2D eigenvalue weighted by atomic mass is 9.83. The lowest BCUT2D eigenvalue weighted by molar-refractivity contribution is 0.152. The molecule has 2 unspecified atom stereocenters. The van der Waals surface area contributed by atoms with Crippen molar-refractivity contribution in [2.24, 2.45) is 5.92 Å². The zero-order valence-corrected chi connectivity index (χ0v) is 13.5. The monoisotopic (exact) mass is 291 g/mol. The van der Waals surface area contributed by atoms with Crippen molar-refractivity contribution in [3.05, 3.63) is 17.8 Å². The third-order valence-electron chi connectivity index (χ3n) is 5.22. The minimum Gasteiger partial charge on any atom is -0.444 e. The molecule has 2 aliphatic rings. The smallest absolute Gasteiger partial charge is 0.211 e. The molecule has 1 saturated heterocycles. The molecule has 4 heteroatoms. The molecule has 21 heavy (non-hydrogen) atoms. The van der Waals surface area contributed by atoms with Gasteiger partial charge in [0.15, 0.2) is 0 Å². The van der Waals surface area contributed by atoms with E-state index in [-0.39, 0.29) is 6.04 Å². The maximum atomic E-state index is 5.75. The van der Waals surface area contributed by atoms with Gasteiger partial charge in [0.2, 0.25) is 5.89 Å². The van der Waals surface area contributed by atoms with Gasteiger partial charge in [0.1, 0.15) is 5.76 Å². The lowest BCUT2D eigenvalue weighted by Gasteiger charge is -2.34. The van der Waals surface area contributed by atoms with Crippen LogP contribution in [0, 0.1) is 12.8 Å². The van der Waals surface area contributed by atoms with Gasteiger partial charge in [-0.25, -0.2) is 4.98 Å². The van der Waals surface area contributed by atoms with Crippen LogP contribution in [-0.4, -0.2) is 35.6 Å². The normalized spacial score (nSPS) is 27.4. The topological polar surface area (TPSA) is 41.3 Å². The fraction of sp³-hybridized carbons (Fsp3) is 0.824. The van der Waals surface area contributed by atoms with E-state index < -0.39 is 0 Å². The van der Waals surface area contributed by atoms with E-state index in [1.54, 1.807) is 0 Å². The molecule has 118 valence electrons. The first-order chi connectivity index (χ1) is 10.2. The SMILES string of the molecule is Cc1cnc(C(C)N2CCCNC(C3CCCCC3)C2)o1. The summed E-state index contributed by atoms with van der Waals surface area (Å²) in [5.74, 6) is 2.64. The average molecular weight is 291 g/mol. The number of rotatable bonds is 3. The summed E-state index contributed by atoms with van der Waals surface area (Å²) >= 11 is 0. The predicted molar refractivity (Wildman–Crippen MR) is 84.2 cm³/mol. The van der Waals surface area contributed by atoms with Gasteiger partial charge in [0.25, 0.3) is 0 Å². The standard InChI is InChI=1S/C17H29N3O/c1-13-11-19-17(21-13)14(2)20-10-6-9-18-16(12-20)15-7-4-3-5-8-15/h11,14-16,18H,3-10,12H2,1-2H3. The Morgan fingerprint density at radius 1 is 1.29 bits per heavy atom. The van der Waals surface area contributed by atoms with Crippen molar-refractivity contribution in [3.8, 4) is 0 Å². The molecule has 1 aromatic rings. The summed E-state index contributed by atoms with van der Waals surface area (Å²) in [7, 11) is 0. The van der Waals surface area contributed by atoms with Crippen molar-refractivity contribution in [1.29, 1.82) is 0 Å². The molecule has 1 aromatic heterocycles. The maximum Gasteiger partial charge on any atom is 0.211 e. The zero-order valence-electron chi connectivity index (χ0n) is 13.5. The minimum atomic E-state index is 0.282. The summed E-state index contributed by atoms with van der Waals surface area (Å²) in [5.41, 5.74) is 0. The lowest BCUT2D eigenvalue weighted by Crippen LogP contribution is -2.44. The van der Waals surface area contributed by atoms with Crippen LogP contribution in [0.1, 0.15) is 63.1 Å². The van der Waals surface area contributed by atoms with E-state index in [1.807, 2.05) is 13.1 Å². The Bertz CT molecular complexity index is 439. The van der Waals surface area contributed by atoms with Crippen LogP contribution in [0.5, 0.6) is 0 Å². The Kier molecular flexibility index (Phi) is 4.96. The Hall–Kier alpha value is -0.870. The quantitative estimate of drug-likeness (QED) is 0.928. The molecule has 1 saturated carbocycles. The summed E-state index contributed by atoms with van der Waals surface area (Å²) in [6, 6.07) is 0.927. The second-order valence-corrected chi connectivity index (χ2v) is 6.79. The molecule has 1 N–H and O–H groups in total. The van der Waals surface area contributed by atoms with E-state index in [2.05, 4.69) is 22.1 Å². The molecular weight excluding hydrogens is 262 g/mol. The van der Waals surface area contributed by atoms with Crippen molar-refractivity contribution in [2.45, 2.75) is 64.5 Å². The molecule has 0 amide bonds. The molecule has 1 aliphatic carbocycles. The van der Waals surface area contributed by atoms with Crippen LogP contribution in [-0.2, 0) is 0 Å². The van der Waals surface area contributed by atoms with Gasteiger partial charge in [0.05, 0.1) is 12.2 Å². The van der Waals surface area contributed by atoms with Crippen molar-refractivity contribution in [2.75, 3.05) is 19.6 Å². The summed E-state index contributed by atoms with van der Waals surface area (Å²) < 4.78 is 5.75. The van der Waals surface area contributed by atoms with E-state index in [1.165, 1.54) is 38.5 Å². The zero-order chi connectivity index (χ0) is 14.7. The number of hydrogen-bond donors (Lipinski definition) is 1. The molecule has 0 aromatic carbocycles. The number of oxazole rings is 1. The second kappa shape index (κ2) is 6.93. The highest BCUT2D eigenvalue weighted by molar-refractivity contribution is 4.97. The molecular formula is C17H29N3O. The summed E-state index contributed by atoms with van der Waals surface area (Å²) in [4.78, 5) is 6.99. The van der Waals surface area contributed by atoms with Crippen molar-refractivity contribution < 1.29 is 4.42 Å². The second-order valence-electron chi connectivity index (χ2n) is 6.79. The summed E-state index contributed by atoms with van der Waals surface area (Å²) in [6.07, 6.45) is 10.1. The average Bonchev–Trinajstić information content (AvgIpc) is 2.81. The first-order valence-electron chi connectivity index (χ1n) is 8.64. The fourth-order valence-electron chi connectivity index (χ4n) is 3.90. The fourth-order valence-corrected chi connectivity index (χ4v) is 3.90. The number of aromatic nitrogens is 1. The Morgan fingerprint density at radius 3 is 2.81 bits per heavy atom. The van der Waals surface area contributed by atoms with E-state index in [9.17, 15) is 0 Å². The molecule has 1 aliphatic heterocycles. The third-order valence-corrected chi connectivity index (χ3v) is 5.22. The number of nitrogens with one attached hydrogen (secondary N) is 1. The van der Waals surface area contributed by atoms with Crippen LogP contribution < -0.4 is 5.32 Å². The highest BCUT2D eigenvalue weighted by Gasteiger charge is 2.30. The van der Waals surface area contributed by atoms with Crippen LogP contribution in [0.15, 0.2) is 10.6 Å².